The van der Waals surface area contributed by atoms with E-state index in [0.717, 1.165) is 22.0 Å². The third kappa shape index (κ3) is 6.76. The molecule has 0 bridgehead atoms. The molecule has 17 heteroatoms. The molecular weight excluding hydrogens is 670 g/mol. The summed E-state index contributed by atoms with van der Waals surface area (Å²) in [5, 5.41) is 2.39. The van der Waals surface area contributed by atoms with E-state index in [-0.39, 0.29) is 39.6 Å². The Labute approximate surface area is 269 Å². The molecule has 0 saturated heterocycles. The average molecular weight is 694 g/mol. The SMILES string of the molecule is COc1ccc(CN(c2ccon2)S(=O)(=O)c2ccc3c(ccc(=O)n3-c3cc(F)c(C(OC(=O)S)C(F)(F)F)cc3OC)c2)cc1. The number of thiol groups is 1. The Morgan fingerprint density at radius 1 is 1.02 bits per heavy atom. The van der Waals surface area contributed by atoms with Gasteiger partial charge in [-0.1, -0.05) is 29.9 Å². The lowest BCUT2D eigenvalue weighted by molar-refractivity contribution is -0.204. The first-order valence-corrected chi connectivity index (χ1v) is 15.2. The van der Waals surface area contributed by atoms with E-state index in [1.807, 2.05) is 0 Å². The molecule has 1 unspecified atom stereocenters. The Kier molecular flexibility index (Phi) is 9.22. The predicted molar refractivity (Wildman–Crippen MR) is 163 cm³/mol. The van der Waals surface area contributed by atoms with Crippen molar-refractivity contribution in [3.8, 4) is 17.2 Å². The van der Waals surface area contributed by atoms with Gasteiger partial charge in [0.1, 0.15) is 23.6 Å². The van der Waals surface area contributed by atoms with Crippen molar-refractivity contribution in [3.05, 3.63) is 106 Å². The maximum atomic E-state index is 15.3. The molecule has 5 aromatic rings. The molecule has 5 rings (SSSR count). The maximum Gasteiger partial charge on any atom is 0.429 e. The molecule has 3 aromatic carbocycles. The van der Waals surface area contributed by atoms with Crippen LogP contribution in [0, 0.1) is 5.82 Å². The number of aromatic nitrogens is 2. The molecule has 0 amide bonds. The molecule has 0 N–H and O–H groups in total. The van der Waals surface area contributed by atoms with Crippen LogP contribution in [0.1, 0.15) is 17.2 Å². The van der Waals surface area contributed by atoms with Crippen molar-refractivity contribution in [2.75, 3.05) is 18.5 Å². The van der Waals surface area contributed by atoms with E-state index in [1.54, 1.807) is 24.3 Å². The molecule has 47 heavy (non-hydrogen) atoms. The summed E-state index contributed by atoms with van der Waals surface area (Å²) >= 11 is 3.21. The lowest BCUT2D eigenvalue weighted by Crippen LogP contribution is -2.31. The van der Waals surface area contributed by atoms with Gasteiger partial charge in [-0.3, -0.25) is 9.36 Å². The molecule has 0 aliphatic heterocycles. The molecule has 0 fully saturated rings. The van der Waals surface area contributed by atoms with E-state index >= 15 is 4.39 Å². The van der Waals surface area contributed by atoms with Gasteiger partial charge in [0.15, 0.2) is 5.82 Å². The molecule has 11 nitrogen and oxygen atoms in total. The maximum absolute atomic E-state index is 15.3. The van der Waals surface area contributed by atoms with Crippen LogP contribution in [0.5, 0.6) is 11.5 Å². The fraction of sp³-hybridized carbons (Fsp3) is 0.167. The highest BCUT2D eigenvalue weighted by molar-refractivity contribution is 7.96. The number of nitrogens with zero attached hydrogens (tertiary/aromatic N) is 3. The molecule has 1 atom stereocenters. The summed E-state index contributed by atoms with van der Waals surface area (Å²) in [7, 11) is -1.75. The molecule has 0 aliphatic carbocycles. The smallest absolute Gasteiger partial charge is 0.429 e. The second kappa shape index (κ2) is 13.0. The first kappa shape index (κ1) is 33.3. The number of pyridine rings is 1. The summed E-state index contributed by atoms with van der Waals surface area (Å²) < 4.78 is 106. The average Bonchev–Trinajstić information content (AvgIpc) is 3.56. The first-order chi connectivity index (χ1) is 22.2. The number of carbonyl (C=O) groups is 1. The molecule has 0 saturated carbocycles. The van der Waals surface area contributed by atoms with Crippen LogP contribution in [-0.2, 0) is 21.3 Å². The normalized spacial score (nSPS) is 12.5. The van der Waals surface area contributed by atoms with Crippen molar-refractivity contribution in [2.45, 2.75) is 23.7 Å². The molecule has 0 radical (unpaired) electrons. The summed E-state index contributed by atoms with van der Waals surface area (Å²) in [6.07, 6.45) is -7.02. The summed E-state index contributed by atoms with van der Waals surface area (Å²) in [5.41, 5.74) is -1.47. The van der Waals surface area contributed by atoms with Gasteiger partial charge in [-0.2, -0.15) is 13.2 Å². The Morgan fingerprint density at radius 2 is 1.74 bits per heavy atom. The van der Waals surface area contributed by atoms with Gasteiger partial charge in [-0.05, 0) is 48.0 Å². The van der Waals surface area contributed by atoms with Crippen LogP contribution in [0.25, 0.3) is 16.6 Å². The van der Waals surface area contributed by atoms with Gasteiger partial charge in [0.2, 0.25) is 6.10 Å². The number of ether oxygens (including phenoxy) is 3. The number of benzene rings is 3. The van der Waals surface area contributed by atoms with Crippen LogP contribution >= 0.6 is 12.6 Å². The number of rotatable bonds is 10. The second-order valence-electron chi connectivity index (χ2n) is 9.80. The number of halogens is 4. The fourth-order valence-corrected chi connectivity index (χ4v) is 6.32. The third-order valence-corrected chi connectivity index (χ3v) is 8.81. The van der Waals surface area contributed by atoms with Crippen LogP contribution in [-0.4, -0.2) is 43.8 Å². The first-order valence-electron chi connectivity index (χ1n) is 13.3. The van der Waals surface area contributed by atoms with Gasteiger partial charge in [-0.25, -0.2) is 21.9 Å². The van der Waals surface area contributed by atoms with Gasteiger partial charge in [0, 0.05) is 29.1 Å². The van der Waals surface area contributed by atoms with Gasteiger partial charge in [0.05, 0.1) is 36.9 Å². The highest BCUT2D eigenvalue weighted by Crippen LogP contribution is 2.41. The number of hydrogen-bond acceptors (Lipinski definition) is 9. The van der Waals surface area contributed by atoms with E-state index in [9.17, 15) is 31.2 Å². The lowest BCUT2D eigenvalue weighted by atomic mass is 10.1. The van der Waals surface area contributed by atoms with Crippen molar-refractivity contribution in [1.82, 2.24) is 9.72 Å². The van der Waals surface area contributed by atoms with Crippen molar-refractivity contribution in [2.24, 2.45) is 0 Å². The number of anilines is 1. The number of sulfonamides is 1. The van der Waals surface area contributed by atoms with E-state index in [2.05, 4.69) is 22.5 Å². The van der Waals surface area contributed by atoms with E-state index in [0.29, 0.717) is 23.4 Å². The standard InChI is InChI=1S/C30H23F4N3O8S2/c1-42-19-6-3-17(4-7-19)16-36(26-11-12-44-35-26)47(40,41)20-8-9-23-18(13-20)5-10-27(38)37(23)24-15-22(31)21(14-25(24)43-2)28(30(32,33)34)45-29(39)46/h3-15,28H,16H2,1-2H3,(H,39,46). The Hall–Kier alpha value is -5.03. The summed E-state index contributed by atoms with van der Waals surface area (Å²) in [4.78, 5) is 24.1. The van der Waals surface area contributed by atoms with Gasteiger partial charge in [0.25, 0.3) is 15.6 Å². The molecule has 246 valence electrons. The topological polar surface area (TPSA) is 130 Å². The van der Waals surface area contributed by atoms with E-state index < -0.39 is 44.5 Å². The van der Waals surface area contributed by atoms with Crippen molar-refractivity contribution in [1.29, 1.82) is 0 Å². The minimum absolute atomic E-state index is 0.00746. The van der Waals surface area contributed by atoms with Crippen LogP contribution in [0.15, 0.2) is 93.3 Å². The second-order valence-corrected chi connectivity index (χ2v) is 12.0. The number of methoxy groups -OCH3 is 2. The van der Waals surface area contributed by atoms with E-state index in [4.69, 9.17) is 14.0 Å². The highest BCUT2D eigenvalue weighted by atomic mass is 32.2. The zero-order valence-corrected chi connectivity index (χ0v) is 26.0. The molecular formula is C30H23F4N3O8S2. The molecule has 2 heterocycles. The fourth-order valence-electron chi connectivity index (χ4n) is 4.79. The van der Waals surface area contributed by atoms with Crippen LogP contribution in [0.4, 0.5) is 28.2 Å². The number of alkyl halides is 3. The third-order valence-electron chi connectivity index (χ3n) is 6.96. The summed E-state index contributed by atoms with van der Waals surface area (Å²) in [6, 6.07) is 15.5. The lowest BCUT2D eigenvalue weighted by Gasteiger charge is -2.23. The Bertz CT molecular complexity index is 2100. The monoisotopic (exact) mass is 693 g/mol. The minimum Gasteiger partial charge on any atom is -0.497 e. The summed E-state index contributed by atoms with van der Waals surface area (Å²) in [5.74, 6) is -1.29. The molecule has 0 spiro atoms. The van der Waals surface area contributed by atoms with Crippen molar-refractivity contribution < 1.29 is 49.5 Å². The molecule has 2 aromatic heterocycles. The molecule has 0 aliphatic rings. The van der Waals surface area contributed by atoms with Crippen LogP contribution in [0.3, 0.4) is 0 Å². The number of carbonyl (C=O) groups excluding carboxylic acids is 1. The van der Waals surface area contributed by atoms with Gasteiger partial charge in [-0.15, -0.1) is 0 Å². The Balaban J connectivity index is 1.61. The Morgan fingerprint density at radius 3 is 2.34 bits per heavy atom. The minimum atomic E-state index is -5.21. The summed E-state index contributed by atoms with van der Waals surface area (Å²) in [6.45, 7) is -0.138. The van der Waals surface area contributed by atoms with Crippen molar-refractivity contribution >= 4 is 44.7 Å². The zero-order chi connectivity index (χ0) is 34.1. The van der Waals surface area contributed by atoms with Crippen LogP contribution in [0.2, 0.25) is 0 Å². The number of hydrogen-bond donors (Lipinski definition) is 1. The van der Waals surface area contributed by atoms with Crippen molar-refractivity contribution in [3.63, 3.8) is 0 Å². The van der Waals surface area contributed by atoms with Gasteiger partial charge >= 0.3 is 11.5 Å². The van der Waals surface area contributed by atoms with Gasteiger partial charge < -0.3 is 18.7 Å². The zero-order valence-electron chi connectivity index (χ0n) is 24.3. The largest absolute Gasteiger partial charge is 0.497 e. The predicted octanol–water partition coefficient (Wildman–Crippen LogP) is 6.20. The van der Waals surface area contributed by atoms with Crippen LogP contribution < -0.4 is 19.3 Å². The van der Waals surface area contributed by atoms with E-state index in [1.165, 1.54) is 43.7 Å². The quantitative estimate of drug-likeness (QED) is 0.103. The number of fused-ring (bicyclic) bond motifs is 1. The highest BCUT2D eigenvalue weighted by Gasteiger charge is 2.46.